The molecule has 0 unspecified atom stereocenters. The van der Waals surface area contributed by atoms with Crippen LogP contribution in [0.1, 0.15) is 20.3 Å². The minimum atomic E-state index is -0.387. The summed E-state index contributed by atoms with van der Waals surface area (Å²) in [6.07, 6.45) is 0.691. The first kappa shape index (κ1) is 10.7. The van der Waals surface area contributed by atoms with Crippen LogP contribution in [0.15, 0.2) is 0 Å². The zero-order valence-electron chi connectivity index (χ0n) is 7.06. The van der Waals surface area contributed by atoms with Crippen molar-refractivity contribution in [3.63, 3.8) is 0 Å². The van der Waals surface area contributed by atoms with Crippen molar-refractivity contribution in [2.24, 2.45) is 5.92 Å². The Bertz CT molecular complexity index is 128. The van der Waals surface area contributed by atoms with Crippen molar-refractivity contribution in [2.75, 3.05) is 7.11 Å². The first-order valence-corrected chi connectivity index (χ1v) is 3.93. The Labute approximate surface area is 72.2 Å². The molecule has 0 fully saturated rings. The van der Waals surface area contributed by atoms with E-state index >= 15 is 0 Å². The van der Waals surface area contributed by atoms with Gasteiger partial charge in [0.1, 0.15) is 6.04 Å². The summed E-state index contributed by atoms with van der Waals surface area (Å²) in [5.41, 5.74) is 0. The van der Waals surface area contributed by atoms with Crippen LogP contribution in [-0.2, 0) is 9.53 Å². The summed E-state index contributed by atoms with van der Waals surface area (Å²) in [5.74, 6) is 0.110. The van der Waals surface area contributed by atoms with Gasteiger partial charge in [-0.3, -0.25) is 4.79 Å². The van der Waals surface area contributed by atoms with Gasteiger partial charge in [0.2, 0.25) is 0 Å². The smallest absolute Gasteiger partial charge is 0.324 e. The van der Waals surface area contributed by atoms with Crippen LogP contribution >= 0.6 is 11.8 Å². The van der Waals surface area contributed by atoms with Crippen LogP contribution in [0, 0.1) is 5.92 Å². The Balaban J connectivity index is 3.84. The normalized spacial score (nSPS) is 13.2. The average Bonchev–Trinajstić information content (AvgIpc) is 1.98. The Morgan fingerprint density at radius 1 is 1.64 bits per heavy atom. The standard InChI is InChI=1S/C7H14ClNO2/c1-5(2)4-6(9-8)7(10)11-3/h5-6,9H,4H2,1-3H3/t6-/m1/s1. The fourth-order valence-corrected chi connectivity index (χ4v) is 0.977. The average molecular weight is 180 g/mol. The number of halogens is 1. The molecule has 3 nitrogen and oxygen atoms in total. The van der Waals surface area contributed by atoms with Gasteiger partial charge in [0.05, 0.1) is 7.11 Å². The second-order valence-corrected chi connectivity index (χ2v) is 3.03. The van der Waals surface area contributed by atoms with Gasteiger partial charge in [-0.2, -0.15) is 0 Å². The van der Waals surface area contributed by atoms with Crippen molar-refractivity contribution in [1.29, 1.82) is 0 Å². The number of carbonyl (C=O) groups is 1. The lowest BCUT2D eigenvalue weighted by Gasteiger charge is -2.13. The Morgan fingerprint density at radius 3 is 2.45 bits per heavy atom. The second kappa shape index (κ2) is 5.38. The van der Waals surface area contributed by atoms with E-state index in [1.165, 1.54) is 7.11 Å². The highest BCUT2D eigenvalue weighted by Crippen LogP contribution is 2.06. The maximum atomic E-state index is 10.9. The van der Waals surface area contributed by atoms with Crippen molar-refractivity contribution in [3.05, 3.63) is 0 Å². The molecule has 0 bridgehead atoms. The van der Waals surface area contributed by atoms with Crippen LogP contribution in [0.4, 0.5) is 0 Å². The highest BCUT2D eigenvalue weighted by Gasteiger charge is 2.18. The molecule has 0 aromatic heterocycles. The van der Waals surface area contributed by atoms with Gasteiger partial charge in [0, 0.05) is 0 Å². The maximum Gasteiger partial charge on any atom is 0.324 e. The van der Waals surface area contributed by atoms with Crippen molar-refractivity contribution >= 4 is 17.7 Å². The zero-order chi connectivity index (χ0) is 8.85. The van der Waals surface area contributed by atoms with E-state index in [9.17, 15) is 4.79 Å². The molecule has 11 heavy (non-hydrogen) atoms. The Hall–Kier alpha value is -0.280. The number of carbonyl (C=O) groups excluding carboxylic acids is 1. The number of hydrogen-bond donors (Lipinski definition) is 1. The summed E-state index contributed by atoms with van der Waals surface area (Å²) >= 11 is 5.33. The lowest BCUT2D eigenvalue weighted by Crippen LogP contribution is -2.33. The molecule has 1 atom stereocenters. The molecule has 0 amide bonds. The molecule has 0 aliphatic rings. The molecule has 0 aliphatic carbocycles. The van der Waals surface area contributed by atoms with Crippen LogP contribution < -0.4 is 4.84 Å². The third-order valence-electron chi connectivity index (χ3n) is 1.32. The summed E-state index contributed by atoms with van der Waals surface area (Å²) in [6, 6.07) is -0.387. The monoisotopic (exact) mass is 179 g/mol. The molecule has 0 radical (unpaired) electrons. The summed E-state index contributed by atoms with van der Waals surface area (Å²) < 4.78 is 4.52. The predicted octanol–water partition coefficient (Wildman–Crippen LogP) is 1.32. The van der Waals surface area contributed by atoms with Gasteiger partial charge in [0.15, 0.2) is 0 Å². The molecule has 66 valence electrons. The molecule has 0 aliphatic heterocycles. The SMILES string of the molecule is COC(=O)[C@@H](CC(C)C)NCl. The van der Waals surface area contributed by atoms with E-state index in [2.05, 4.69) is 9.57 Å². The molecule has 0 spiro atoms. The van der Waals surface area contributed by atoms with Crippen LogP contribution in [0.25, 0.3) is 0 Å². The number of nitrogens with one attached hydrogen (secondary N) is 1. The highest BCUT2D eigenvalue weighted by molar-refractivity contribution is 6.14. The maximum absolute atomic E-state index is 10.9. The summed E-state index contributed by atoms with van der Waals surface area (Å²) in [5, 5.41) is 0. The number of methoxy groups -OCH3 is 1. The molecule has 0 aromatic rings. The molecule has 0 heterocycles. The number of esters is 1. The number of ether oxygens (including phenoxy) is 1. The van der Waals surface area contributed by atoms with Gasteiger partial charge in [-0.05, 0) is 24.1 Å². The number of hydrogen-bond acceptors (Lipinski definition) is 3. The molecule has 0 aromatic carbocycles. The molecule has 0 saturated carbocycles. The third kappa shape index (κ3) is 4.22. The quantitative estimate of drug-likeness (QED) is 0.523. The fraction of sp³-hybridized carbons (Fsp3) is 0.857. The van der Waals surface area contributed by atoms with Gasteiger partial charge in [-0.15, -0.1) is 0 Å². The molecule has 4 heteroatoms. The van der Waals surface area contributed by atoms with Crippen LogP contribution in [0.2, 0.25) is 0 Å². The molecular formula is C7H14ClNO2. The fourth-order valence-electron chi connectivity index (χ4n) is 0.799. The predicted molar refractivity (Wildman–Crippen MR) is 44.2 cm³/mol. The van der Waals surface area contributed by atoms with E-state index in [1.54, 1.807) is 0 Å². The summed E-state index contributed by atoms with van der Waals surface area (Å²) in [6.45, 7) is 4.04. The van der Waals surface area contributed by atoms with Crippen LogP contribution in [0.3, 0.4) is 0 Å². The van der Waals surface area contributed by atoms with Gasteiger partial charge in [0.25, 0.3) is 0 Å². The van der Waals surface area contributed by atoms with E-state index in [-0.39, 0.29) is 12.0 Å². The van der Waals surface area contributed by atoms with E-state index in [1.807, 2.05) is 13.8 Å². The Kier molecular flexibility index (Phi) is 5.24. The van der Waals surface area contributed by atoms with E-state index in [4.69, 9.17) is 11.8 Å². The van der Waals surface area contributed by atoms with E-state index in [0.717, 1.165) is 0 Å². The number of rotatable bonds is 4. The second-order valence-electron chi connectivity index (χ2n) is 2.81. The highest BCUT2D eigenvalue weighted by atomic mass is 35.5. The van der Waals surface area contributed by atoms with Crippen LogP contribution in [-0.4, -0.2) is 19.1 Å². The van der Waals surface area contributed by atoms with Crippen molar-refractivity contribution < 1.29 is 9.53 Å². The lowest BCUT2D eigenvalue weighted by molar-refractivity contribution is -0.143. The van der Waals surface area contributed by atoms with E-state index < -0.39 is 0 Å². The first-order valence-electron chi connectivity index (χ1n) is 3.55. The molecular weight excluding hydrogens is 166 g/mol. The molecule has 1 N–H and O–H groups in total. The van der Waals surface area contributed by atoms with Gasteiger partial charge in [-0.1, -0.05) is 13.8 Å². The van der Waals surface area contributed by atoms with Crippen LogP contribution in [0.5, 0.6) is 0 Å². The first-order chi connectivity index (χ1) is 5.11. The van der Waals surface area contributed by atoms with Crippen molar-refractivity contribution in [2.45, 2.75) is 26.3 Å². The lowest BCUT2D eigenvalue weighted by atomic mass is 10.1. The van der Waals surface area contributed by atoms with Gasteiger partial charge in [-0.25, -0.2) is 4.84 Å². The van der Waals surface area contributed by atoms with Crippen molar-refractivity contribution in [1.82, 2.24) is 4.84 Å². The minimum Gasteiger partial charge on any atom is -0.468 e. The third-order valence-corrected chi connectivity index (χ3v) is 1.59. The molecule has 0 saturated heterocycles. The van der Waals surface area contributed by atoms with Gasteiger partial charge >= 0.3 is 5.97 Å². The molecule has 0 rings (SSSR count). The largest absolute Gasteiger partial charge is 0.468 e. The topological polar surface area (TPSA) is 38.3 Å². The zero-order valence-corrected chi connectivity index (χ0v) is 7.81. The summed E-state index contributed by atoms with van der Waals surface area (Å²) in [4.78, 5) is 13.3. The Morgan fingerprint density at radius 2 is 2.18 bits per heavy atom. The van der Waals surface area contributed by atoms with Gasteiger partial charge < -0.3 is 4.74 Å². The van der Waals surface area contributed by atoms with Crippen molar-refractivity contribution in [3.8, 4) is 0 Å². The minimum absolute atomic E-state index is 0.311. The summed E-state index contributed by atoms with van der Waals surface area (Å²) in [7, 11) is 1.35. The van der Waals surface area contributed by atoms with E-state index in [0.29, 0.717) is 12.3 Å².